The number of nitrogens with two attached hydrogens (primary N) is 1. The smallest absolute Gasteiger partial charge is 0.271 e. The maximum atomic E-state index is 12.1. The first kappa shape index (κ1) is 19.7. The molecule has 0 saturated carbocycles. The molecule has 3 heterocycles. The van der Waals surface area contributed by atoms with Crippen LogP contribution in [-0.4, -0.2) is 56.7 Å². The first-order chi connectivity index (χ1) is 14.3. The average molecular weight is 407 g/mol. The number of nitrogens with zero attached hydrogens (tertiary/aromatic N) is 3. The molecule has 1 saturated heterocycles. The highest BCUT2D eigenvalue weighted by atomic mass is 16.3. The van der Waals surface area contributed by atoms with Crippen molar-refractivity contribution in [3.8, 4) is 17.5 Å². The topological polar surface area (TPSA) is 131 Å². The fourth-order valence-electron chi connectivity index (χ4n) is 3.72. The number of hydrogen-bond acceptors (Lipinski definition) is 5. The van der Waals surface area contributed by atoms with Gasteiger partial charge in [-0.3, -0.25) is 14.4 Å². The minimum Gasteiger partial charge on any atom is -0.379 e. The molecule has 3 amide bonds. The summed E-state index contributed by atoms with van der Waals surface area (Å²) in [6, 6.07) is 7.19. The molecule has 1 unspecified atom stereocenters. The second-order valence-electron chi connectivity index (χ2n) is 7.53. The number of likely N-dealkylation sites (tertiary alicyclic amines) is 1. The molecule has 2 aliphatic rings. The van der Waals surface area contributed by atoms with Gasteiger partial charge in [0, 0.05) is 44.8 Å². The van der Waals surface area contributed by atoms with Crippen LogP contribution in [0.3, 0.4) is 0 Å². The largest absolute Gasteiger partial charge is 0.379 e. The van der Waals surface area contributed by atoms with Crippen LogP contribution in [0, 0.1) is 11.8 Å². The number of aromatic nitrogens is 2. The number of nitrogens with one attached hydrogen (secondary N) is 1. The van der Waals surface area contributed by atoms with E-state index in [9.17, 15) is 19.5 Å². The van der Waals surface area contributed by atoms with Gasteiger partial charge in [0.05, 0.1) is 17.1 Å². The predicted octanol–water partition coefficient (Wildman–Crippen LogP) is 0.191. The lowest BCUT2D eigenvalue weighted by molar-refractivity contribution is -0.141. The summed E-state index contributed by atoms with van der Waals surface area (Å²) in [5.74, 6) is 4.66. The Balaban J connectivity index is 1.63. The normalized spacial score (nSPS) is 20.4. The van der Waals surface area contributed by atoms with Gasteiger partial charge < -0.3 is 21.1 Å². The molecule has 0 radical (unpaired) electrons. The molecule has 0 aliphatic carbocycles. The molecule has 9 nitrogen and oxygen atoms in total. The van der Waals surface area contributed by atoms with Crippen LogP contribution in [0.2, 0.25) is 0 Å². The van der Waals surface area contributed by atoms with Gasteiger partial charge in [-0.25, -0.2) is 4.68 Å². The second kappa shape index (κ2) is 7.31. The summed E-state index contributed by atoms with van der Waals surface area (Å²) in [5.41, 5.74) is 6.37. The maximum absolute atomic E-state index is 12.1. The van der Waals surface area contributed by atoms with E-state index in [1.165, 1.54) is 4.90 Å². The van der Waals surface area contributed by atoms with Crippen LogP contribution >= 0.6 is 0 Å². The molecule has 2 aromatic rings. The molecule has 0 spiro atoms. The molecule has 4 N–H and O–H groups in total. The molecule has 1 aromatic carbocycles. The Morgan fingerprint density at radius 3 is 2.87 bits per heavy atom. The van der Waals surface area contributed by atoms with E-state index >= 15 is 0 Å². The van der Waals surface area contributed by atoms with Crippen molar-refractivity contribution in [3.63, 3.8) is 0 Å². The minimum atomic E-state index is -1.44. The Morgan fingerprint density at radius 2 is 2.17 bits per heavy atom. The highest BCUT2D eigenvalue weighted by molar-refractivity contribution is 6.03. The number of carbonyl (C=O) groups is 3. The number of likely N-dealkylation sites (N-methyl/N-ethyl adjacent to an activating group) is 1. The van der Waals surface area contributed by atoms with Crippen LogP contribution in [0.15, 0.2) is 24.3 Å². The number of rotatable bonds is 3. The fraction of sp³-hybridized carbons (Fsp3) is 0.333. The summed E-state index contributed by atoms with van der Waals surface area (Å²) in [6.07, 6.45) is 1.13. The van der Waals surface area contributed by atoms with Crippen molar-refractivity contribution >= 4 is 23.4 Å². The van der Waals surface area contributed by atoms with E-state index in [0.717, 1.165) is 0 Å². The first-order valence-electron chi connectivity index (χ1n) is 9.57. The zero-order valence-electron chi connectivity index (χ0n) is 16.4. The van der Waals surface area contributed by atoms with Gasteiger partial charge in [-0.15, -0.1) is 0 Å². The van der Waals surface area contributed by atoms with Crippen molar-refractivity contribution in [1.82, 2.24) is 14.7 Å². The summed E-state index contributed by atoms with van der Waals surface area (Å²) in [6.45, 7) is 0.510. The molecular weight excluding hydrogens is 386 g/mol. The van der Waals surface area contributed by atoms with E-state index in [1.54, 1.807) is 29.9 Å². The van der Waals surface area contributed by atoms with Gasteiger partial charge in [0.1, 0.15) is 0 Å². The molecule has 9 heteroatoms. The zero-order chi connectivity index (χ0) is 21.5. The lowest BCUT2D eigenvalue weighted by atomic mass is 9.98. The lowest BCUT2D eigenvalue weighted by Crippen LogP contribution is -2.38. The van der Waals surface area contributed by atoms with Crippen LogP contribution in [-0.2, 0) is 16.0 Å². The Labute approximate surface area is 172 Å². The fourth-order valence-corrected chi connectivity index (χ4v) is 3.72. The minimum absolute atomic E-state index is 0.0145. The van der Waals surface area contributed by atoms with E-state index in [-0.39, 0.29) is 30.3 Å². The molecule has 1 aromatic heterocycles. The molecule has 4 rings (SSSR count). The summed E-state index contributed by atoms with van der Waals surface area (Å²) >= 11 is 0. The second-order valence-corrected chi connectivity index (χ2v) is 7.53. The molecule has 154 valence electrons. The average Bonchev–Trinajstić information content (AvgIpc) is 3.21. The quantitative estimate of drug-likeness (QED) is 0.625. The zero-order valence-corrected chi connectivity index (χ0v) is 16.4. The predicted molar refractivity (Wildman–Crippen MR) is 108 cm³/mol. The van der Waals surface area contributed by atoms with Gasteiger partial charge in [0.15, 0.2) is 11.3 Å². The standard InChI is InChI=1S/C21H21N5O4/c1-25-11-10-21(30,20(25)29)9-3-5-13-4-2-6-14(12-13)26-15-7-8-16(27)23-17(15)18(24-26)19(22)28/h2,4,6,12,30H,7-11H2,1H3,(H2,22,28)(H,23,27). The van der Waals surface area contributed by atoms with Crippen molar-refractivity contribution in [2.75, 3.05) is 18.9 Å². The van der Waals surface area contributed by atoms with E-state index < -0.39 is 11.5 Å². The van der Waals surface area contributed by atoms with E-state index in [1.807, 2.05) is 6.07 Å². The Hall–Kier alpha value is -3.64. The van der Waals surface area contributed by atoms with Crippen molar-refractivity contribution in [3.05, 3.63) is 41.2 Å². The molecule has 0 bridgehead atoms. The SMILES string of the molecule is CN1CCC(O)(CC#Cc2cccc(-n3nc(C(N)=O)c4c3CCC(=O)N4)c2)C1=O. The van der Waals surface area contributed by atoms with Crippen molar-refractivity contribution < 1.29 is 19.5 Å². The Bertz CT molecular complexity index is 1130. The Kier molecular flexibility index (Phi) is 4.79. The third-order valence-electron chi connectivity index (χ3n) is 5.38. The van der Waals surface area contributed by atoms with Crippen LogP contribution in [0.25, 0.3) is 5.69 Å². The number of carbonyl (C=O) groups excluding carboxylic acids is 3. The molecule has 1 atom stereocenters. The van der Waals surface area contributed by atoms with Crippen LogP contribution in [0.5, 0.6) is 0 Å². The maximum Gasteiger partial charge on any atom is 0.271 e. The van der Waals surface area contributed by atoms with Gasteiger partial charge in [0.25, 0.3) is 11.8 Å². The highest BCUT2D eigenvalue weighted by Crippen LogP contribution is 2.29. The van der Waals surface area contributed by atoms with Crippen LogP contribution in [0.4, 0.5) is 5.69 Å². The monoisotopic (exact) mass is 407 g/mol. The van der Waals surface area contributed by atoms with Crippen molar-refractivity contribution in [2.45, 2.75) is 31.3 Å². The lowest BCUT2D eigenvalue weighted by Gasteiger charge is -2.17. The number of amides is 3. The number of hydrogen-bond donors (Lipinski definition) is 3. The van der Waals surface area contributed by atoms with Gasteiger partial charge >= 0.3 is 0 Å². The summed E-state index contributed by atoms with van der Waals surface area (Å²) < 4.78 is 1.59. The number of benzene rings is 1. The third kappa shape index (κ3) is 3.42. The van der Waals surface area contributed by atoms with Gasteiger partial charge in [-0.1, -0.05) is 17.9 Å². The number of fused-ring (bicyclic) bond motifs is 1. The molecule has 30 heavy (non-hydrogen) atoms. The van der Waals surface area contributed by atoms with Crippen molar-refractivity contribution in [2.24, 2.45) is 5.73 Å². The summed E-state index contributed by atoms with van der Waals surface area (Å²) in [7, 11) is 1.66. The Morgan fingerprint density at radius 1 is 1.37 bits per heavy atom. The van der Waals surface area contributed by atoms with Crippen molar-refractivity contribution in [1.29, 1.82) is 0 Å². The van der Waals surface area contributed by atoms with Crippen LogP contribution < -0.4 is 11.1 Å². The molecular formula is C21H21N5O4. The third-order valence-corrected chi connectivity index (χ3v) is 5.38. The van der Waals surface area contributed by atoms with E-state index in [0.29, 0.717) is 42.0 Å². The van der Waals surface area contributed by atoms with Gasteiger partial charge in [-0.2, -0.15) is 5.10 Å². The summed E-state index contributed by atoms with van der Waals surface area (Å²) in [5, 5.41) is 17.4. The molecule has 1 fully saturated rings. The van der Waals surface area contributed by atoms with E-state index in [2.05, 4.69) is 22.3 Å². The summed E-state index contributed by atoms with van der Waals surface area (Å²) in [4.78, 5) is 37.0. The van der Waals surface area contributed by atoms with E-state index in [4.69, 9.17) is 5.73 Å². The number of anilines is 1. The first-order valence-corrected chi connectivity index (χ1v) is 9.57. The van der Waals surface area contributed by atoms with Gasteiger partial charge in [0.2, 0.25) is 5.91 Å². The number of primary amides is 1. The number of aliphatic hydroxyl groups is 1. The molecule has 2 aliphatic heterocycles. The van der Waals surface area contributed by atoms with Crippen LogP contribution in [0.1, 0.15) is 41.0 Å². The highest BCUT2D eigenvalue weighted by Gasteiger charge is 2.42. The van der Waals surface area contributed by atoms with Gasteiger partial charge in [-0.05, 0) is 18.2 Å².